The Hall–Kier alpha value is -3.47. The molecule has 0 radical (unpaired) electrons. The molecule has 0 spiro atoms. The minimum atomic E-state index is -0.168. The maximum absolute atomic E-state index is 13.3. The summed E-state index contributed by atoms with van der Waals surface area (Å²) in [5.74, 6) is -0.335. The minimum Gasteiger partial charge on any atom is -0.306 e. The second-order valence-corrected chi connectivity index (χ2v) is 7.60. The maximum Gasteiger partial charge on any atom is 0.277 e. The summed E-state index contributed by atoms with van der Waals surface area (Å²) in [5.41, 5.74) is 4.78. The number of aromatic nitrogens is 1. The molecule has 0 bridgehead atoms. The standard InChI is InChI=1S/C24H21N3O2/c1-16-15-18-8-3-5-12-22(18)27(16)24(29)20-10-6-9-19(25-20)23(28)26-14-13-17-7-2-4-11-21(17)26/h2-12,16H,13-15H2,1H3. The van der Waals surface area contributed by atoms with Gasteiger partial charge in [0, 0.05) is 24.0 Å². The Morgan fingerprint density at radius 1 is 0.828 bits per heavy atom. The number of fused-ring (bicyclic) bond motifs is 2. The van der Waals surface area contributed by atoms with Crippen molar-refractivity contribution in [2.75, 3.05) is 16.3 Å². The average molecular weight is 383 g/mol. The van der Waals surface area contributed by atoms with Crippen molar-refractivity contribution in [2.45, 2.75) is 25.8 Å². The van der Waals surface area contributed by atoms with Crippen LogP contribution in [0.4, 0.5) is 11.4 Å². The fourth-order valence-electron chi connectivity index (χ4n) is 4.36. The zero-order chi connectivity index (χ0) is 20.0. The molecule has 2 aliphatic heterocycles. The number of anilines is 2. The summed E-state index contributed by atoms with van der Waals surface area (Å²) >= 11 is 0. The van der Waals surface area contributed by atoms with E-state index in [-0.39, 0.29) is 17.9 Å². The number of pyridine rings is 1. The second-order valence-electron chi connectivity index (χ2n) is 7.60. The summed E-state index contributed by atoms with van der Waals surface area (Å²) in [6, 6.07) is 21.0. The topological polar surface area (TPSA) is 53.5 Å². The van der Waals surface area contributed by atoms with Crippen LogP contribution in [0.25, 0.3) is 0 Å². The highest BCUT2D eigenvalue weighted by atomic mass is 16.2. The Morgan fingerprint density at radius 2 is 1.48 bits per heavy atom. The molecule has 1 aromatic heterocycles. The van der Waals surface area contributed by atoms with Crippen LogP contribution in [0.5, 0.6) is 0 Å². The summed E-state index contributed by atoms with van der Waals surface area (Å²) in [4.78, 5) is 34.4. The lowest BCUT2D eigenvalue weighted by molar-refractivity contribution is 0.0975. The number of rotatable bonds is 2. The first-order valence-corrected chi connectivity index (χ1v) is 9.92. The van der Waals surface area contributed by atoms with E-state index in [1.54, 1.807) is 28.0 Å². The molecule has 5 nitrogen and oxygen atoms in total. The molecule has 2 aliphatic rings. The Labute approximate surface area is 169 Å². The fourth-order valence-corrected chi connectivity index (χ4v) is 4.36. The van der Waals surface area contributed by atoms with Crippen molar-refractivity contribution in [2.24, 2.45) is 0 Å². The van der Waals surface area contributed by atoms with E-state index >= 15 is 0 Å². The first-order chi connectivity index (χ1) is 14.1. The lowest BCUT2D eigenvalue weighted by Gasteiger charge is -2.23. The molecule has 5 heteroatoms. The smallest absolute Gasteiger partial charge is 0.277 e. The molecule has 1 atom stereocenters. The number of hydrogen-bond acceptors (Lipinski definition) is 3. The van der Waals surface area contributed by atoms with Gasteiger partial charge in [-0.05, 0) is 55.2 Å². The van der Waals surface area contributed by atoms with E-state index in [0.29, 0.717) is 17.9 Å². The highest BCUT2D eigenvalue weighted by Crippen LogP contribution is 2.33. The van der Waals surface area contributed by atoms with Gasteiger partial charge in [-0.1, -0.05) is 42.5 Å². The van der Waals surface area contributed by atoms with Gasteiger partial charge < -0.3 is 9.80 Å². The molecular formula is C24H21N3O2. The third-order valence-corrected chi connectivity index (χ3v) is 5.75. The quantitative estimate of drug-likeness (QED) is 0.675. The number of para-hydroxylation sites is 2. The molecule has 1 unspecified atom stereocenters. The van der Waals surface area contributed by atoms with Crippen LogP contribution in [-0.4, -0.2) is 29.4 Å². The van der Waals surface area contributed by atoms with Crippen LogP contribution in [0, 0.1) is 0 Å². The van der Waals surface area contributed by atoms with Crippen molar-refractivity contribution < 1.29 is 9.59 Å². The molecule has 0 aliphatic carbocycles. The number of carbonyl (C=O) groups excluding carboxylic acids is 2. The van der Waals surface area contributed by atoms with Crippen molar-refractivity contribution in [3.05, 3.63) is 89.2 Å². The molecule has 29 heavy (non-hydrogen) atoms. The van der Waals surface area contributed by atoms with Gasteiger partial charge in [0.25, 0.3) is 11.8 Å². The number of nitrogens with zero attached hydrogens (tertiary/aromatic N) is 3. The zero-order valence-corrected chi connectivity index (χ0v) is 16.2. The van der Waals surface area contributed by atoms with E-state index in [4.69, 9.17) is 0 Å². The first-order valence-electron chi connectivity index (χ1n) is 9.92. The van der Waals surface area contributed by atoms with E-state index in [2.05, 4.69) is 11.1 Å². The largest absolute Gasteiger partial charge is 0.306 e. The third-order valence-electron chi connectivity index (χ3n) is 5.75. The number of carbonyl (C=O) groups is 2. The summed E-state index contributed by atoms with van der Waals surface area (Å²) in [6.07, 6.45) is 1.66. The van der Waals surface area contributed by atoms with Crippen molar-refractivity contribution in [3.63, 3.8) is 0 Å². The fraction of sp³-hybridized carbons (Fsp3) is 0.208. The van der Waals surface area contributed by atoms with Gasteiger partial charge in [0.15, 0.2) is 0 Å². The van der Waals surface area contributed by atoms with Crippen molar-refractivity contribution in [1.29, 1.82) is 0 Å². The zero-order valence-electron chi connectivity index (χ0n) is 16.2. The first kappa shape index (κ1) is 17.6. The monoisotopic (exact) mass is 383 g/mol. The summed E-state index contributed by atoms with van der Waals surface area (Å²) in [5, 5.41) is 0. The SMILES string of the molecule is CC1Cc2ccccc2N1C(=O)c1cccc(C(=O)N2CCc3ccccc32)n1. The molecule has 0 N–H and O–H groups in total. The van der Waals surface area contributed by atoms with Crippen LogP contribution in [0.2, 0.25) is 0 Å². The van der Waals surface area contributed by atoms with Gasteiger partial charge in [0.2, 0.25) is 0 Å². The molecule has 0 fully saturated rings. The number of amides is 2. The molecule has 2 amide bonds. The molecule has 0 saturated carbocycles. The van der Waals surface area contributed by atoms with Crippen LogP contribution in [0.3, 0.4) is 0 Å². The molecule has 144 valence electrons. The maximum atomic E-state index is 13.3. The van der Waals surface area contributed by atoms with Crippen molar-refractivity contribution >= 4 is 23.2 Å². The number of hydrogen-bond donors (Lipinski definition) is 0. The Morgan fingerprint density at radius 3 is 2.28 bits per heavy atom. The number of benzene rings is 2. The van der Waals surface area contributed by atoms with Crippen molar-refractivity contribution in [1.82, 2.24) is 4.98 Å². The van der Waals surface area contributed by atoms with Crippen LogP contribution in [-0.2, 0) is 12.8 Å². The predicted molar refractivity (Wildman–Crippen MR) is 112 cm³/mol. The summed E-state index contributed by atoms with van der Waals surface area (Å²) in [6.45, 7) is 2.67. The highest BCUT2D eigenvalue weighted by molar-refractivity contribution is 6.09. The van der Waals surface area contributed by atoms with E-state index in [0.717, 1.165) is 35.3 Å². The van der Waals surface area contributed by atoms with Gasteiger partial charge in [-0.25, -0.2) is 4.98 Å². The Bertz CT molecular complexity index is 1120. The summed E-state index contributed by atoms with van der Waals surface area (Å²) in [7, 11) is 0. The Balaban J connectivity index is 1.45. The van der Waals surface area contributed by atoms with E-state index < -0.39 is 0 Å². The highest BCUT2D eigenvalue weighted by Gasteiger charge is 2.32. The van der Waals surface area contributed by atoms with E-state index in [9.17, 15) is 9.59 Å². The van der Waals surface area contributed by atoms with Gasteiger partial charge in [0.1, 0.15) is 11.4 Å². The van der Waals surface area contributed by atoms with E-state index in [1.165, 1.54) is 0 Å². The molecular weight excluding hydrogens is 362 g/mol. The molecule has 3 aromatic rings. The van der Waals surface area contributed by atoms with Crippen LogP contribution >= 0.6 is 0 Å². The average Bonchev–Trinajstić information content (AvgIpc) is 3.33. The lowest BCUT2D eigenvalue weighted by Crippen LogP contribution is -2.37. The van der Waals surface area contributed by atoms with Crippen LogP contribution in [0.1, 0.15) is 39.0 Å². The van der Waals surface area contributed by atoms with Crippen LogP contribution in [0.15, 0.2) is 66.7 Å². The predicted octanol–water partition coefficient (Wildman–Crippen LogP) is 3.88. The summed E-state index contributed by atoms with van der Waals surface area (Å²) < 4.78 is 0. The molecule has 3 heterocycles. The van der Waals surface area contributed by atoms with Gasteiger partial charge >= 0.3 is 0 Å². The Kier molecular flexibility index (Phi) is 4.16. The van der Waals surface area contributed by atoms with Crippen LogP contribution < -0.4 is 9.80 Å². The molecule has 2 aromatic carbocycles. The minimum absolute atomic E-state index is 0.0616. The van der Waals surface area contributed by atoms with Crippen molar-refractivity contribution in [3.8, 4) is 0 Å². The van der Waals surface area contributed by atoms with Gasteiger partial charge in [-0.3, -0.25) is 9.59 Å². The lowest BCUT2D eigenvalue weighted by atomic mass is 10.1. The normalized spacial score (nSPS) is 17.2. The molecule has 0 saturated heterocycles. The van der Waals surface area contributed by atoms with Gasteiger partial charge in [-0.15, -0.1) is 0 Å². The van der Waals surface area contributed by atoms with Gasteiger partial charge in [0.05, 0.1) is 0 Å². The molecule has 5 rings (SSSR count). The van der Waals surface area contributed by atoms with Gasteiger partial charge in [-0.2, -0.15) is 0 Å². The second kappa shape index (κ2) is 6.85. The van der Waals surface area contributed by atoms with E-state index in [1.807, 2.05) is 49.4 Å². The third kappa shape index (κ3) is 2.90.